The molecule has 1 aliphatic heterocycles. The van der Waals surface area contributed by atoms with Crippen molar-refractivity contribution >= 4 is 11.3 Å². The second-order valence-corrected chi connectivity index (χ2v) is 5.12. The predicted octanol–water partition coefficient (Wildman–Crippen LogP) is 2.62. The average molecular weight is 224 g/mol. The zero-order valence-electron chi connectivity index (χ0n) is 9.36. The Bertz CT molecular complexity index is 282. The summed E-state index contributed by atoms with van der Waals surface area (Å²) in [6, 6.07) is 3.01. The van der Waals surface area contributed by atoms with Crippen LogP contribution in [0.1, 0.15) is 37.8 Å². The molecule has 0 aromatic carbocycles. The largest absolute Gasteiger partial charge is 0.326 e. The van der Waals surface area contributed by atoms with Gasteiger partial charge in [0.1, 0.15) is 0 Å². The van der Waals surface area contributed by atoms with Crippen molar-refractivity contribution in [2.24, 2.45) is 5.73 Å². The van der Waals surface area contributed by atoms with Crippen LogP contribution in [0.3, 0.4) is 0 Å². The van der Waals surface area contributed by atoms with Crippen molar-refractivity contribution in [3.63, 3.8) is 0 Å². The monoisotopic (exact) mass is 224 g/mol. The number of hydrogen-bond acceptors (Lipinski definition) is 3. The van der Waals surface area contributed by atoms with Crippen LogP contribution in [0.5, 0.6) is 0 Å². The molecule has 0 amide bonds. The number of rotatable bonds is 3. The molecule has 1 fully saturated rings. The van der Waals surface area contributed by atoms with E-state index in [0.717, 1.165) is 0 Å². The lowest BCUT2D eigenvalue weighted by Gasteiger charge is -2.39. The summed E-state index contributed by atoms with van der Waals surface area (Å²) in [6.07, 6.45) is 3.63. The lowest BCUT2D eigenvalue weighted by atomic mass is 9.92. The highest BCUT2D eigenvalue weighted by Gasteiger charge is 2.29. The normalized spacial score (nSPS) is 28.1. The Kier molecular flexibility index (Phi) is 3.78. The molecular formula is C12H20N2S. The van der Waals surface area contributed by atoms with E-state index in [-0.39, 0.29) is 0 Å². The Morgan fingerprint density at radius 2 is 2.47 bits per heavy atom. The highest BCUT2D eigenvalue weighted by atomic mass is 32.1. The molecule has 2 N–H and O–H groups in total. The molecule has 0 radical (unpaired) electrons. The van der Waals surface area contributed by atoms with Crippen LogP contribution in [0.4, 0.5) is 0 Å². The summed E-state index contributed by atoms with van der Waals surface area (Å²) in [7, 11) is 0. The standard InChI is InChI=1S/C12H20N2S/c1-2-6-14-7-3-4-11(13)12(14)10-5-8-15-9-10/h5,8-9,11-12H,2-4,6-7,13H2,1H3. The van der Waals surface area contributed by atoms with Crippen molar-refractivity contribution in [1.82, 2.24) is 4.90 Å². The second kappa shape index (κ2) is 5.10. The topological polar surface area (TPSA) is 29.3 Å². The number of nitrogens with two attached hydrogens (primary N) is 1. The second-order valence-electron chi connectivity index (χ2n) is 4.34. The first-order chi connectivity index (χ1) is 7.33. The van der Waals surface area contributed by atoms with Crippen molar-refractivity contribution in [3.05, 3.63) is 22.4 Å². The van der Waals surface area contributed by atoms with Crippen molar-refractivity contribution in [3.8, 4) is 0 Å². The van der Waals surface area contributed by atoms with E-state index in [1.54, 1.807) is 11.3 Å². The fourth-order valence-electron chi connectivity index (χ4n) is 2.54. The van der Waals surface area contributed by atoms with E-state index in [9.17, 15) is 0 Å². The van der Waals surface area contributed by atoms with E-state index in [1.165, 1.54) is 37.9 Å². The highest BCUT2D eigenvalue weighted by Crippen LogP contribution is 2.31. The van der Waals surface area contributed by atoms with Gasteiger partial charge in [0.15, 0.2) is 0 Å². The zero-order valence-corrected chi connectivity index (χ0v) is 10.2. The van der Waals surface area contributed by atoms with Crippen LogP contribution in [0.2, 0.25) is 0 Å². The van der Waals surface area contributed by atoms with Gasteiger partial charge in [0.25, 0.3) is 0 Å². The summed E-state index contributed by atoms with van der Waals surface area (Å²) in [6.45, 7) is 4.63. The molecule has 0 spiro atoms. The summed E-state index contributed by atoms with van der Waals surface area (Å²) in [5.74, 6) is 0. The minimum Gasteiger partial charge on any atom is -0.326 e. The maximum absolute atomic E-state index is 6.25. The summed E-state index contributed by atoms with van der Waals surface area (Å²) >= 11 is 1.77. The van der Waals surface area contributed by atoms with E-state index in [4.69, 9.17) is 5.73 Å². The minimum absolute atomic E-state index is 0.319. The SMILES string of the molecule is CCCN1CCCC(N)C1c1ccsc1. The van der Waals surface area contributed by atoms with Crippen LogP contribution in [-0.4, -0.2) is 24.0 Å². The van der Waals surface area contributed by atoms with Gasteiger partial charge in [0, 0.05) is 6.04 Å². The van der Waals surface area contributed by atoms with Crippen molar-refractivity contribution in [1.29, 1.82) is 0 Å². The third kappa shape index (κ3) is 2.41. The molecule has 3 heteroatoms. The van der Waals surface area contributed by atoms with Gasteiger partial charge in [0.2, 0.25) is 0 Å². The molecule has 1 aromatic heterocycles. The molecule has 2 unspecified atom stereocenters. The predicted molar refractivity (Wildman–Crippen MR) is 66.1 cm³/mol. The van der Waals surface area contributed by atoms with Gasteiger partial charge in [0.05, 0.1) is 6.04 Å². The van der Waals surface area contributed by atoms with Gasteiger partial charge >= 0.3 is 0 Å². The Labute approximate surface area is 96.1 Å². The number of nitrogens with zero attached hydrogens (tertiary/aromatic N) is 1. The maximum atomic E-state index is 6.25. The average Bonchev–Trinajstić information content (AvgIpc) is 2.71. The summed E-state index contributed by atoms with van der Waals surface area (Å²) in [4.78, 5) is 2.55. The number of thiophene rings is 1. The molecule has 2 heterocycles. The van der Waals surface area contributed by atoms with E-state index < -0.39 is 0 Å². The third-order valence-corrected chi connectivity index (χ3v) is 3.88. The molecule has 0 aliphatic carbocycles. The van der Waals surface area contributed by atoms with Crippen molar-refractivity contribution in [2.45, 2.75) is 38.3 Å². The molecule has 84 valence electrons. The van der Waals surface area contributed by atoms with Crippen LogP contribution in [0, 0.1) is 0 Å². The van der Waals surface area contributed by atoms with Crippen LogP contribution < -0.4 is 5.73 Å². The van der Waals surface area contributed by atoms with E-state index in [1.807, 2.05) is 0 Å². The molecule has 2 atom stereocenters. The van der Waals surface area contributed by atoms with Gasteiger partial charge in [-0.2, -0.15) is 11.3 Å². The maximum Gasteiger partial charge on any atom is 0.0507 e. The van der Waals surface area contributed by atoms with E-state index in [0.29, 0.717) is 12.1 Å². The number of likely N-dealkylation sites (tertiary alicyclic amines) is 1. The molecule has 0 bridgehead atoms. The Morgan fingerprint density at radius 3 is 3.13 bits per heavy atom. The molecule has 0 saturated carbocycles. The highest BCUT2D eigenvalue weighted by molar-refractivity contribution is 7.07. The first-order valence-corrected chi connectivity index (χ1v) is 6.79. The van der Waals surface area contributed by atoms with Gasteiger partial charge < -0.3 is 5.73 Å². The fraction of sp³-hybridized carbons (Fsp3) is 0.667. The lowest BCUT2D eigenvalue weighted by Crippen LogP contribution is -2.45. The quantitative estimate of drug-likeness (QED) is 0.855. The molecule has 1 aliphatic rings. The first-order valence-electron chi connectivity index (χ1n) is 5.84. The molecule has 2 nitrogen and oxygen atoms in total. The fourth-order valence-corrected chi connectivity index (χ4v) is 3.23. The molecule has 1 aromatic rings. The Balaban J connectivity index is 2.15. The van der Waals surface area contributed by atoms with E-state index in [2.05, 4.69) is 28.7 Å². The van der Waals surface area contributed by atoms with Gasteiger partial charge in [-0.3, -0.25) is 4.90 Å². The smallest absolute Gasteiger partial charge is 0.0507 e. The third-order valence-electron chi connectivity index (χ3n) is 3.18. The number of hydrogen-bond donors (Lipinski definition) is 1. The Hall–Kier alpha value is -0.380. The van der Waals surface area contributed by atoms with Gasteiger partial charge in [-0.25, -0.2) is 0 Å². The summed E-state index contributed by atoms with van der Waals surface area (Å²) in [5, 5.41) is 4.40. The first kappa shape index (κ1) is 11.1. The van der Waals surface area contributed by atoms with Crippen LogP contribution in [0.15, 0.2) is 16.8 Å². The van der Waals surface area contributed by atoms with Gasteiger partial charge in [-0.1, -0.05) is 6.92 Å². The van der Waals surface area contributed by atoms with Crippen molar-refractivity contribution in [2.75, 3.05) is 13.1 Å². The molecule has 2 rings (SSSR count). The number of piperidine rings is 1. The lowest BCUT2D eigenvalue weighted by molar-refractivity contribution is 0.129. The van der Waals surface area contributed by atoms with Crippen LogP contribution in [-0.2, 0) is 0 Å². The molecule has 1 saturated heterocycles. The van der Waals surface area contributed by atoms with Gasteiger partial charge in [-0.05, 0) is 54.7 Å². The van der Waals surface area contributed by atoms with Gasteiger partial charge in [-0.15, -0.1) is 0 Å². The zero-order chi connectivity index (χ0) is 10.7. The van der Waals surface area contributed by atoms with Crippen LogP contribution >= 0.6 is 11.3 Å². The van der Waals surface area contributed by atoms with Crippen LogP contribution in [0.25, 0.3) is 0 Å². The Morgan fingerprint density at radius 1 is 1.60 bits per heavy atom. The summed E-state index contributed by atoms with van der Waals surface area (Å²) in [5.41, 5.74) is 7.67. The van der Waals surface area contributed by atoms with Crippen molar-refractivity contribution < 1.29 is 0 Å². The molecular weight excluding hydrogens is 204 g/mol. The van der Waals surface area contributed by atoms with E-state index >= 15 is 0 Å². The molecule has 15 heavy (non-hydrogen) atoms. The summed E-state index contributed by atoms with van der Waals surface area (Å²) < 4.78 is 0. The minimum atomic E-state index is 0.319.